The van der Waals surface area contributed by atoms with Crippen LogP contribution >= 0.6 is 0 Å². The molecule has 4 heteroatoms. The fraction of sp³-hybridized carbons (Fsp3) is 0.188. The summed E-state index contributed by atoms with van der Waals surface area (Å²) in [6.45, 7) is 0. The second-order valence-corrected chi connectivity index (χ2v) is 4.17. The number of aldehydes is 1. The van der Waals surface area contributed by atoms with Crippen LogP contribution in [0, 0.1) is 0 Å². The minimum Gasteiger partial charge on any atom is -0.497 e. The topological polar surface area (TPSA) is 44.8 Å². The van der Waals surface area contributed by atoms with E-state index in [1.165, 1.54) is 0 Å². The van der Waals surface area contributed by atoms with Crippen LogP contribution in [0.1, 0.15) is 10.4 Å². The van der Waals surface area contributed by atoms with Gasteiger partial charge in [0.15, 0.2) is 6.29 Å². The number of carbonyl (C=O) groups is 1. The first kappa shape index (κ1) is 13.9. The summed E-state index contributed by atoms with van der Waals surface area (Å²) in [5.74, 6) is 1.99. The van der Waals surface area contributed by atoms with Crippen LogP contribution in [0.25, 0.3) is 11.1 Å². The predicted octanol–water partition coefficient (Wildman–Crippen LogP) is 3.19. The van der Waals surface area contributed by atoms with Crippen LogP contribution in [0.5, 0.6) is 17.2 Å². The second kappa shape index (κ2) is 6.10. The lowest BCUT2D eigenvalue weighted by Crippen LogP contribution is -1.93. The Hall–Kier alpha value is -2.49. The third-order valence-electron chi connectivity index (χ3n) is 3.05. The summed E-state index contributed by atoms with van der Waals surface area (Å²) in [6, 6.07) is 10.9. The normalized spacial score (nSPS) is 9.95. The molecule has 0 radical (unpaired) electrons. The lowest BCUT2D eigenvalue weighted by molar-refractivity contribution is 0.112. The van der Waals surface area contributed by atoms with Crippen molar-refractivity contribution in [1.29, 1.82) is 0 Å². The van der Waals surface area contributed by atoms with Crippen LogP contribution in [0.4, 0.5) is 0 Å². The molecule has 0 fully saturated rings. The highest BCUT2D eigenvalue weighted by Gasteiger charge is 2.09. The largest absolute Gasteiger partial charge is 0.497 e. The highest BCUT2D eigenvalue weighted by Crippen LogP contribution is 2.32. The highest BCUT2D eigenvalue weighted by molar-refractivity contribution is 5.88. The van der Waals surface area contributed by atoms with E-state index in [4.69, 9.17) is 14.2 Å². The Morgan fingerprint density at radius 3 is 1.90 bits per heavy atom. The zero-order chi connectivity index (χ0) is 14.5. The molecule has 2 aromatic carbocycles. The third kappa shape index (κ3) is 2.74. The molecule has 0 bridgehead atoms. The Labute approximate surface area is 117 Å². The third-order valence-corrected chi connectivity index (χ3v) is 3.05. The van der Waals surface area contributed by atoms with Gasteiger partial charge in [-0.2, -0.15) is 0 Å². The molecule has 0 aliphatic carbocycles. The van der Waals surface area contributed by atoms with E-state index in [1.54, 1.807) is 33.5 Å². The van der Waals surface area contributed by atoms with Crippen molar-refractivity contribution >= 4 is 6.29 Å². The summed E-state index contributed by atoms with van der Waals surface area (Å²) in [5, 5.41) is 0. The number of hydrogen-bond acceptors (Lipinski definition) is 4. The molecule has 20 heavy (non-hydrogen) atoms. The number of benzene rings is 2. The molecule has 0 aliphatic heterocycles. The van der Waals surface area contributed by atoms with E-state index in [2.05, 4.69) is 0 Å². The van der Waals surface area contributed by atoms with E-state index >= 15 is 0 Å². The van der Waals surface area contributed by atoms with Crippen LogP contribution < -0.4 is 14.2 Å². The zero-order valence-electron chi connectivity index (χ0n) is 11.7. The molecule has 0 atom stereocenters. The van der Waals surface area contributed by atoms with Gasteiger partial charge >= 0.3 is 0 Å². The van der Waals surface area contributed by atoms with Gasteiger partial charge in [0.05, 0.1) is 21.3 Å². The van der Waals surface area contributed by atoms with E-state index in [9.17, 15) is 4.79 Å². The summed E-state index contributed by atoms with van der Waals surface area (Å²) in [6.07, 6.45) is 0.809. The fourth-order valence-corrected chi connectivity index (χ4v) is 1.99. The van der Waals surface area contributed by atoms with E-state index < -0.39 is 0 Å². The molecule has 0 aliphatic rings. The lowest BCUT2D eigenvalue weighted by atomic mass is 9.99. The Balaban J connectivity index is 2.58. The maximum Gasteiger partial charge on any atom is 0.150 e. The van der Waals surface area contributed by atoms with Crippen LogP contribution in [0.15, 0.2) is 36.4 Å². The van der Waals surface area contributed by atoms with Gasteiger partial charge in [0.2, 0.25) is 0 Å². The first-order valence-corrected chi connectivity index (χ1v) is 6.08. The molecule has 0 aromatic heterocycles. The Morgan fingerprint density at radius 2 is 1.40 bits per heavy atom. The smallest absolute Gasteiger partial charge is 0.150 e. The van der Waals surface area contributed by atoms with Crippen molar-refractivity contribution in [1.82, 2.24) is 0 Å². The Morgan fingerprint density at radius 1 is 0.800 bits per heavy atom. The average Bonchev–Trinajstić information content (AvgIpc) is 2.53. The van der Waals surface area contributed by atoms with Gasteiger partial charge in [-0.1, -0.05) is 0 Å². The van der Waals surface area contributed by atoms with E-state index in [0.717, 1.165) is 17.4 Å². The molecule has 0 spiro atoms. The van der Waals surface area contributed by atoms with Crippen molar-refractivity contribution in [2.24, 2.45) is 0 Å². The molecule has 0 unspecified atom stereocenters. The monoisotopic (exact) mass is 272 g/mol. The van der Waals surface area contributed by atoms with Gasteiger partial charge in [-0.25, -0.2) is 0 Å². The number of carbonyl (C=O) groups excluding carboxylic acids is 1. The fourth-order valence-electron chi connectivity index (χ4n) is 1.99. The molecule has 0 N–H and O–H groups in total. The van der Waals surface area contributed by atoms with E-state index in [0.29, 0.717) is 22.8 Å². The highest BCUT2D eigenvalue weighted by atomic mass is 16.5. The van der Waals surface area contributed by atoms with Crippen molar-refractivity contribution in [3.05, 3.63) is 42.0 Å². The van der Waals surface area contributed by atoms with Gasteiger partial charge in [0.1, 0.15) is 17.2 Å². The van der Waals surface area contributed by atoms with Crippen LogP contribution in [-0.4, -0.2) is 27.6 Å². The molecule has 2 rings (SSSR count). The molecule has 2 aromatic rings. The summed E-state index contributed by atoms with van der Waals surface area (Å²) in [5.41, 5.74) is 2.21. The summed E-state index contributed by atoms with van der Waals surface area (Å²) >= 11 is 0. The van der Waals surface area contributed by atoms with Crippen molar-refractivity contribution in [3.63, 3.8) is 0 Å². The molecule has 104 valence electrons. The van der Waals surface area contributed by atoms with Gasteiger partial charge in [-0.15, -0.1) is 0 Å². The quantitative estimate of drug-likeness (QED) is 0.784. The summed E-state index contributed by atoms with van der Waals surface area (Å²) < 4.78 is 15.6. The van der Waals surface area contributed by atoms with Crippen molar-refractivity contribution in [2.75, 3.05) is 21.3 Å². The van der Waals surface area contributed by atoms with Crippen molar-refractivity contribution in [3.8, 4) is 28.4 Å². The summed E-state index contributed by atoms with van der Waals surface area (Å²) in [4.78, 5) is 11.3. The lowest BCUT2D eigenvalue weighted by Gasteiger charge is -2.11. The number of rotatable bonds is 5. The molecule has 4 nitrogen and oxygen atoms in total. The molecule has 0 saturated heterocycles. The molecule has 0 heterocycles. The first-order valence-electron chi connectivity index (χ1n) is 6.08. The molecule has 0 amide bonds. The van der Waals surface area contributed by atoms with Crippen LogP contribution in [-0.2, 0) is 0 Å². The van der Waals surface area contributed by atoms with Crippen molar-refractivity contribution in [2.45, 2.75) is 0 Å². The minimum absolute atomic E-state index is 0.555. The first-order chi connectivity index (χ1) is 9.71. The van der Waals surface area contributed by atoms with E-state index in [-0.39, 0.29) is 0 Å². The number of hydrogen-bond donors (Lipinski definition) is 0. The van der Waals surface area contributed by atoms with Gasteiger partial charge in [-0.3, -0.25) is 4.79 Å². The minimum atomic E-state index is 0.555. The Bertz CT molecular complexity index is 598. The second-order valence-electron chi connectivity index (χ2n) is 4.17. The van der Waals surface area contributed by atoms with Gasteiger partial charge < -0.3 is 14.2 Å². The average molecular weight is 272 g/mol. The molecular formula is C16H16O4. The van der Waals surface area contributed by atoms with Crippen LogP contribution in [0.2, 0.25) is 0 Å². The number of ether oxygens (including phenoxy) is 3. The SMILES string of the molecule is COc1cc(OC)cc(-c2ccc(OC)cc2C=O)c1. The molecular weight excluding hydrogens is 256 g/mol. The van der Waals surface area contributed by atoms with Gasteiger partial charge in [-0.05, 0) is 41.5 Å². The maximum absolute atomic E-state index is 11.3. The van der Waals surface area contributed by atoms with Crippen LogP contribution in [0.3, 0.4) is 0 Å². The number of methoxy groups -OCH3 is 3. The zero-order valence-corrected chi connectivity index (χ0v) is 11.7. The summed E-state index contributed by atoms with van der Waals surface area (Å²) in [7, 11) is 4.75. The maximum atomic E-state index is 11.3. The van der Waals surface area contributed by atoms with Crippen molar-refractivity contribution < 1.29 is 19.0 Å². The van der Waals surface area contributed by atoms with Gasteiger partial charge in [0.25, 0.3) is 0 Å². The Kier molecular flexibility index (Phi) is 4.25. The van der Waals surface area contributed by atoms with E-state index in [1.807, 2.05) is 24.3 Å². The van der Waals surface area contributed by atoms with Gasteiger partial charge in [0, 0.05) is 11.6 Å². The standard InChI is InChI=1S/C16H16O4/c1-18-13-4-5-16(12(8-13)10-17)11-6-14(19-2)9-15(7-11)20-3/h4-10H,1-3H3. The predicted molar refractivity (Wildman–Crippen MR) is 76.9 cm³/mol. The molecule has 0 saturated carbocycles.